The minimum absolute atomic E-state index is 0.148. The Labute approximate surface area is 149 Å². The molecule has 0 saturated heterocycles. The van der Waals surface area contributed by atoms with Crippen molar-refractivity contribution in [1.29, 1.82) is 0 Å². The number of benzene rings is 2. The summed E-state index contributed by atoms with van der Waals surface area (Å²) in [4.78, 5) is 2.01. The zero-order valence-electron chi connectivity index (χ0n) is 14.2. The van der Waals surface area contributed by atoms with Gasteiger partial charge in [0.2, 0.25) is 0 Å². The van der Waals surface area contributed by atoms with E-state index in [9.17, 15) is 13.5 Å². The summed E-state index contributed by atoms with van der Waals surface area (Å²) >= 11 is 0. The molecule has 1 aliphatic rings. The molecule has 0 unspecified atom stereocenters. The van der Waals surface area contributed by atoms with Crippen molar-refractivity contribution in [2.45, 2.75) is 0 Å². The fourth-order valence-corrected chi connectivity index (χ4v) is 4.47. The molecular weight excluding hydrogens is 341 g/mol. The van der Waals surface area contributed by atoms with Crippen molar-refractivity contribution in [3.05, 3.63) is 66.5 Å². The molecule has 3 rings (SSSR count). The summed E-state index contributed by atoms with van der Waals surface area (Å²) < 4.78 is 38.9. The normalized spacial score (nSPS) is 17.4. The first kappa shape index (κ1) is 17.8. The Balaban J connectivity index is 1.99. The van der Waals surface area contributed by atoms with Gasteiger partial charge in [-0.3, -0.25) is 9.11 Å². The van der Waals surface area contributed by atoms with E-state index in [-0.39, 0.29) is 5.69 Å². The molecule has 0 atom stereocenters. The molecule has 0 aromatic heterocycles. The van der Waals surface area contributed by atoms with Crippen LogP contribution in [0.2, 0.25) is 0 Å². The van der Waals surface area contributed by atoms with Crippen molar-refractivity contribution in [2.24, 2.45) is 0 Å². The first-order chi connectivity index (χ1) is 11.9. The van der Waals surface area contributed by atoms with E-state index in [1.165, 1.54) is 14.7 Å². The maximum atomic E-state index is 14.3. The van der Waals surface area contributed by atoms with E-state index in [0.717, 1.165) is 6.54 Å². The third-order valence-electron chi connectivity index (χ3n) is 3.89. The smallest absolute Gasteiger partial charge is 0.148 e. The summed E-state index contributed by atoms with van der Waals surface area (Å²) in [5.41, 5.74) is 1.39. The average molecular weight is 363 g/mol. The Morgan fingerprint density at radius 1 is 0.960 bits per heavy atom. The first-order valence-electron chi connectivity index (χ1n) is 7.92. The minimum atomic E-state index is -3.40. The Morgan fingerprint density at radius 3 is 2.20 bits per heavy atom. The molecule has 7 heteroatoms. The monoisotopic (exact) mass is 363 g/mol. The van der Waals surface area contributed by atoms with Gasteiger partial charge in [0.05, 0.1) is 17.9 Å². The van der Waals surface area contributed by atoms with Crippen molar-refractivity contribution in [1.82, 2.24) is 4.90 Å². The maximum absolute atomic E-state index is 14.3. The molecule has 5 nitrogen and oxygen atoms in total. The van der Waals surface area contributed by atoms with Crippen molar-refractivity contribution in [3.8, 4) is 0 Å². The van der Waals surface area contributed by atoms with E-state index in [4.69, 9.17) is 0 Å². The quantitative estimate of drug-likeness (QED) is 0.767. The molecule has 1 heterocycles. The minimum Gasteiger partial charge on any atom is -0.306 e. The SMILES string of the molecule is CN(C)CC=CCN1c2ccccc2N(c2ccccc2F)S1(O)O. The molecule has 2 aromatic rings. The average Bonchev–Trinajstić information content (AvgIpc) is 2.79. The zero-order chi connectivity index (χ0) is 18.0. The van der Waals surface area contributed by atoms with Gasteiger partial charge in [-0.1, -0.05) is 36.4 Å². The fourth-order valence-electron chi connectivity index (χ4n) is 2.74. The van der Waals surface area contributed by atoms with Gasteiger partial charge in [0.15, 0.2) is 0 Å². The van der Waals surface area contributed by atoms with Crippen molar-refractivity contribution in [2.75, 3.05) is 35.8 Å². The van der Waals surface area contributed by atoms with Crippen LogP contribution in [0.5, 0.6) is 0 Å². The van der Waals surface area contributed by atoms with Gasteiger partial charge in [0.1, 0.15) is 11.5 Å². The van der Waals surface area contributed by atoms with Gasteiger partial charge in [-0.2, -0.15) is 0 Å². The van der Waals surface area contributed by atoms with Gasteiger partial charge >= 0.3 is 0 Å². The molecule has 1 aliphatic heterocycles. The lowest BCUT2D eigenvalue weighted by atomic mass is 10.2. The predicted octanol–water partition coefficient (Wildman–Crippen LogP) is 4.48. The highest BCUT2D eigenvalue weighted by Crippen LogP contribution is 2.64. The highest BCUT2D eigenvalue weighted by atomic mass is 32.3. The Morgan fingerprint density at radius 2 is 1.56 bits per heavy atom. The Kier molecular flexibility index (Phi) is 5.01. The number of anilines is 3. The van der Waals surface area contributed by atoms with Crippen molar-refractivity contribution < 1.29 is 13.5 Å². The zero-order valence-corrected chi connectivity index (χ0v) is 15.0. The number of hydrogen-bond acceptors (Lipinski definition) is 5. The van der Waals surface area contributed by atoms with Crippen LogP contribution in [0.1, 0.15) is 0 Å². The van der Waals surface area contributed by atoms with Crippen molar-refractivity contribution in [3.63, 3.8) is 0 Å². The van der Waals surface area contributed by atoms with Crippen LogP contribution in [0, 0.1) is 5.82 Å². The highest BCUT2D eigenvalue weighted by molar-refractivity contribution is 8.27. The molecule has 0 radical (unpaired) electrons. The number of fused-ring (bicyclic) bond motifs is 1. The van der Waals surface area contributed by atoms with Crippen LogP contribution < -0.4 is 8.61 Å². The van der Waals surface area contributed by atoms with Gasteiger partial charge in [0, 0.05) is 6.54 Å². The van der Waals surface area contributed by atoms with E-state index >= 15 is 0 Å². The third kappa shape index (κ3) is 3.36. The van der Waals surface area contributed by atoms with Gasteiger partial charge in [0.25, 0.3) is 0 Å². The molecule has 0 spiro atoms. The maximum Gasteiger partial charge on any atom is 0.148 e. The number of para-hydroxylation sites is 3. The topological polar surface area (TPSA) is 50.2 Å². The lowest BCUT2D eigenvalue weighted by molar-refractivity contribution is 0.456. The van der Waals surface area contributed by atoms with Crippen LogP contribution in [0.4, 0.5) is 21.5 Å². The Hall–Kier alpha value is -2.06. The third-order valence-corrected chi connectivity index (χ3v) is 5.71. The Bertz CT molecular complexity index is 782. The van der Waals surface area contributed by atoms with Gasteiger partial charge in [-0.15, -0.1) is 0 Å². The number of halogens is 1. The molecule has 0 bridgehead atoms. The van der Waals surface area contributed by atoms with E-state index in [2.05, 4.69) is 0 Å². The first-order valence-corrected chi connectivity index (χ1v) is 9.38. The van der Waals surface area contributed by atoms with Gasteiger partial charge < -0.3 is 4.90 Å². The van der Waals surface area contributed by atoms with Crippen LogP contribution in [-0.2, 0) is 0 Å². The van der Waals surface area contributed by atoms with Crippen LogP contribution in [0.25, 0.3) is 0 Å². The molecule has 0 saturated carbocycles. The molecule has 2 N–H and O–H groups in total. The summed E-state index contributed by atoms with van der Waals surface area (Å²) in [5, 5.41) is 0. The van der Waals surface area contributed by atoms with E-state index in [1.54, 1.807) is 30.3 Å². The largest absolute Gasteiger partial charge is 0.306 e. The van der Waals surface area contributed by atoms with Crippen LogP contribution in [0.3, 0.4) is 0 Å². The van der Waals surface area contributed by atoms with Crippen LogP contribution in [0.15, 0.2) is 60.7 Å². The molecule has 2 aromatic carbocycles. The molecule has 134 valence electrons. The summed E-state index contributed by atoms with van der Waals surface area (Å²) in [7, 11) is 0.521. The summed E-state index contributed by atoms with van der Waals surface area (Å²) in [6.07, 6.45) is 3.85. The lowest BCUT2D eigenvalue weighted by Gasteiger charge is -2.43. The second-order valence-electron chi connectivity index (χ2n) is 6.02. The molecular formula is C18H22FN3O2S. The molecule has 0 amide bonds. The van der Waals surface area contributed by atoms with E-state index < -0.39 is 16.8 Å². The number of rotatable bonds is 5. The standard InChI is InChI=1S/C18H22FN3O2S/c1-20(2)13-7-8-14-21-17-11-5-6-12-18(17)22(25(21,23)24)16-10-4-3-9-15(16)19/h3-12,23-24H,13-14H2,1-2H3. The predicted molar refractivity (Wildman–Crippen MR) is 103 cm³/mol. The fraction of sp³-hybridized carbons (Fsp3) is 0.222. The van der Waals surface area contributed by atoms with Gasteiger partial charge in [-0.05, 0) is 49.3 Å². The molecule has 0 aliphatic carbocycles. The second kappa shape index (κ2) is 7.05. The number of hydrogen-bond donors (Lipinski definition) is 2. The summed E-state index contributed by atoms with van der Waals surface area (Å²) in [5.74, 6) is -0.498. The van der Waals surface area contributed by atoms with E-state index in [0.29, 0.717) is 17.9 Å². The number of likely N-dealkylation sites (N-methyl/N-ethyl adjacent to an activating group) is 1. The van der Waals surface area contributed by atoms with Gasteiger partial charge in [-0.25, -0.2) is 13.0 Å². The highest BCUT2D eigenvalue weighted by Gasteiger charge is 2.41. The molecule has 0 fully saturated rings. The summed E-state index contributed by atoms with van der Waals surface area (Å²) in [6, 6.07) is 13.3. The van der Waals surface area contributed by atoms with Crippen LogP contribution in [-0.4, -0.2) is 41.2 Å². The van der Waals surface area contributed by atoms with Crippen LogP contribution >= 0.6 is 11.0 Å². The lowest BCUT2D eigenvalue weighted by Crippen LogP contribution is -2.31. The number of nitrogens with zero attached hydrogens (tertiary/aromatic N) is 3. The second-order valence-corrected chi connectivity index (χ2v) is 7.80. The molecule has 25 heavy (non-hydrogen) atoms. The van der Waals surface area contributed by atoms with Crippen molar-refractivity contribution >= 4 is 28.0 Å². The summed E-state index contributed by atoms with van der Waals surface area (Å²) in [6.45, 7) is 1.07. The van der Waals surface area contributed by atoms with E-state index in [1.807, 2.05) is 43.3 Å².